The number of fused-ring (bicyclic) bond motifs is 1. The Morgan fingerprint density at radius 3 is 2.30 bits per heavy atom. The third kappa shape index (κ3) is 2.23. The highest BCUT2D eigenvalue weighted by molar-refractivity contribution is 6.21. The Morgan fingerprint density at radius 1 is 1.10 bits per heavy atom. The van der Waals surface area contributed by atoms with E-state index in [0.717, 1.165) is 26.1 Å². The maximum atomic E-state index is 12.2. The second-order valence-corrected chi connectivity index (χ2v) is 5.50. The second kappa shape index (κ2) is 5.34. The zero-order chi connectivity index (χ0) is 14.1. The van der Waals surface area contributed by atoms with Gasteiger partial charge in [0.15, 0.2) is 0 Å². The number of nitrogens with two attached hydrogens (primary N) is 1. The molecule has 5 heteroatoms. The average molecular weight is 273 g/mol. The van der Waals surface area contributed by atoms with Gasteiger partial charge in [0.2, 0.25) is 0 Å². The molecule has 0 saturated carbocycles. The molecule has 2 N–H and O–H groups in total. The van der Waals surface area contributed by atoms with Crippen LogP contribution in [0.3, 0.4) is 0 Å². The largest absolute Gasteiger partial charge is 0.330 e. The van der Waals surface area contributed by atoms with E-state index in [0.29, 0.717) is 30.1 Å². The lowest BCUT2D eigenvalue weighted by Crippen LogP contribution is -2.37. The fourth-order valence-corrected chi connectivity index (χ4v) is 2.99. The van der Waals surface area contributed by atoms with Crippen LogP contribution in [-0.4, -0.2) is 54.3 Å². The van der Waals surface area contributed by atoms with Gasteiger partial charge in [-0.25, -0.2) is 0 Å². The topological polar surface area (TPSA) is 66.6 Å². The quantitative estimate of drug-likeness (QED) is 0.814. The van der Waals surface area contributed by atoms with Gasteiger partial charge in [-0.2, -0.15) is 0 Å². The Morgan fingerprint density at radius 2 is 1.75 bits per heavy atom. The Kier molecular flexibility index (Phi) is 3.54. The number of benzene rings is 1. The molecular formula is C15H19N3O2. The molecule has 0 spiro atoms. The molecular weight excluding hydrogens is 254 g/mol. The standard InChI is InChI=1S/C15H19N3O2/c16-9-11-5-6-17(10-11)7-8-18-14(19)12-3-1-2-4-13(12)15(18)20/h1-4,11H,5-10,16H2. The van der Waals surface area contributed by atoms with Crippen molar-refractivity contribution >= 4 is 11.8 Å². The molecule has 1 atom stereocenters. The maximum absolute atomic E-state index is 12.2. The molecule has 0 bridgehead atoms. The van der Waals surface area contributed by atoms with E-state index in [1.165, 1.54) is 4.90 Å². The average Bonchev–Trinajstić information content (AvgIpc) is 3.03. The van der Waals surface area contributed by atoms with Gasteiger partial charge in [-0.1, -0.05) is 12.1 Å². The predicted molar refractivity (Wildman–Crippen MR) is 75.4 cm³/mol. The molecule has 1 saturated heterocycles. The Labute approximate surface area is 118 Å². The Balaban J connectivity index is 1.63. The highest BCUT2D eigenvalue weighted by Crippen LogP contribution is 2.22. The molecule has 2 aliphatic heterocycles. The number of amides is 2. The number of imide groups is 1. The van der Waals surface area contributed by atoms with Crippen LogP contribution in [0.1, 0.15) is 27.1 Å². The van der Waals surface area contributed by atoms with Gasteiger partial charge < -0.3 is 10.6 Å². The number of carbonyl (C=O) groups excluding carboxylic acids is 2. The van der Waals surface area contributed by atoms with Crippen LogP contribution in [0.5, 0.6) is 0 Å². The second-order valence-electron chi connectivity index (χ2n) is 5.50. The highest BCUT2D eigenvalue weighted by atomic mass is 16.2. The summed E-state index contributed by atoms with van der Waals surface area (Å²) >= 11 is 0. The first-order valence-corrected chi connectivity index (χ1v) is 7.08. The van der Waals surface area contributed by atoms with Gasteiger partial charge in [-0.05, 0) is 37.6 Å². The zero-order valence-corrected chi connectivity index (χ0v) is 11.4. The summed E-state index contributed by atoms with van der Waals surface area (Å²) in [5, 5.41) is 0. The fraction of sp³-hybridized carbons (Fsp3) is 0.467. The molecule has 0 aliphatic carbocycles. The summed E-state index contributed by atoms with van der Waals surface area (Å²) < 4.78 is 0. The molecule has 1 fully saturated rings. The van der Waals surface area contributed by atoms with Crippen molar-refractivity contribution in [2.75, 3.05) is 32.7 Å². The van der Waals surface area contributed by atoms with Crippen LogP contribution < -0.4 is 5.73 Å². The number of rotatable bonds is 4. The van der Waals surface area contributed by atoms with Crippen LogP contribution in [0.15, 0.2) is 24.3 Å². The first-order valence-electron chi connectivity index (χ1n) is 7.08. The molecule has 2 aliphatic rings. The van der Waals surface area contributed by atoms with Crippen LogP contribution in [0.2, 0.25) is 0 Å². The van der Waals surface area contributed by atoms with Gasteiger partial charge in [-0.15, -0.1) is 0 Å². The fourth-order valence-electron chi connectivity index (χ4n) is 2.99. The molecule has 106 valence electrons. The molecule has 2 amide bonds. The first-order chi connectivity index (χ1) is 9.70. The van der Waals surface area contributed by atoms with E-state index >= 15 is 0 Å². The summed E-state index contributed by atoms with van der Waals surface area (Å²) in [4.78, 5) is 28.0. The monoisotopic (exact) mass is 273 g/mol. The third-order valence-corrected chi connectivity index (χ3v) is 4.22. The van der Waals surface area contributed by atoms with E-state index in [9.17, 15) is 9.59 Å². The number of nitrogens with zero attached hydrogens (tertiary/aromatic N) is 2. The van der Waals surface area contributed by atoms with E-state index in [4.69, 9.17) is 5.73 Å². The Hall–Kier alpha value is -1.72. The molecule has 0 aromatic heterocycles. The van der Waals surface area contributed by atoms with Crippen molar-refractivity contribution in [3.05, 3.63) is 35.4 Å². The van der Waals surface area contributed by atoms with Gasteiger partial charge in [0.25, 0.3) is 11.8 Å². The van der Waals surface area contributed by atoms with Crippen LogP contribution in [0.4, 0.5) is 0 Å². The lowest BCUT2D eigenvalue weighted by molar-refractivity contribution is 0.0640. The van der Waals surface area contributed by atoms with E-state index in [2.05, 4.69) is 4.90 Å². The maximum Gasteiger partial charge on any atom is 0.261 e. The third-order valence-electron chi connectivity index (χ3n) is 4.22. The molecule has 0 radical (unpaired) electrons. The number of hydrogen-bond donors (Lipinski definition) is 1. The van der Waals surface area contributed by atoms with Crippen molar-refractivity contribution in [2.45, 2.75) is 6.42 Å². The predicted octanol–water partition coefficient (Wildman–Crippen LogP) is 0.563. The molecule has 1 unspecified atom stereocenters. The van der Waals surface area contributed by atoms with Gasteiger partial charge in [-0.3, -0.25) is 14.5 Å². The van der Waals surface area contributed by atoms with Crippen molar-refractivity contribution in [3.63, 3.8) is 0 Å². The lowest BCUT2D eigenvalue weighted by atomic mass is 10.1. The molecule has 1 aromatic carbocycles. The SMILES string of the molecule is NCC1CCN(CCN2C(=O)c3ccccc3C2=O)C1. The van der Waals surface area contributed by atoms with Crippen molar-refractivity contribution in [2.24, 2.45) is 11.7 Å². The van der Waals surface area contributed by atoms with Crippen molar-refractivity contribution in [3.8, 4) is 0 Å². The van der Waals surface area contributed by atoms with E-state index in [1.54, 1.807) is 24.3 Å². The Bertz CT molecular complexity index is 509. The van der Waals surface area contributed by atoms with E-state index < -0.39 is 0 Å². The first kappa shape index (κ1) is 13.3. The highest BCUT2D eigenvalue weighted by Gasteiger charge is 2.35. The van der Waals surface area contributed by atoms with Crippen molar-refractivity contribution in [1.82, 2.24) is 9.80 Å². The number of likely N-dealkylation sites (tertiary alicyclic amines) is 1. The summed E-state index contributed by atoms with van der Waals surface area (Å²) in [6.45, 7) is 3.89. The van der Waals surface area contributed by atoms with Crippen molar-refractivity contribution < 1.29 is 9.59 Å². The van der Waals surface area contributed by atoms with Gasteiger partial charge in [0.1, 0.15) is 0 Å². The van der Waals surface area contributed by atoms with Crippen LogP contribution >= 0.6 is 0 Å². The van der Waals surface area contributed by atoms with E-state index in [1.807, 2.05) is 0 Å². The summed E-state index contributed by atoms with van der Waals surface area (Å²) in [6, 6.07) is 7.02. The van der Waals surface area contributed by atoms with Gasteiger partial charge >= 0.3 is 0 Å². The summed E-state index contributed by atoms with van der Waals surface area (Å²) in [5.41, 5.74) is 6.72. The summed E-state index contributed by atoms with van der Waals surface area (Å²) in [6.07, 6.45) is 1.11. The van der Waals surface area contributed by atoms with E-state index in [-0.39, 0.29) is 11.8 Å². The molecule has 1 aromatic rings. The smallest absolute Gasteiger partial charge is 0.261 e. The number of hydrogen-bond acceptors (Lipinski definition) is 4. The lowest BCUT2D eigenvalue weighted by Gasteiger charge is -2.20. The minimum atomic E-state index is -0.167. The zero-order valence-electron chi connectivity index (χ0n) is 11.4. The summed E-state index contributed by atoms with van der Waals surface area (Å²) in [7, 11) is 0. The van der Waals surface area contributed by atoms with Crippen LogP contribution in [0, 0.1) is 5.92 Å². The minimum Gasteiger partial charge on any atom is -0.330 e. The number of carbonyl (C=O) groups is 2. The molecule has 2 heterocycles. The summed E-state index contributed by atoms with van der Waals surface area (Å²) in [5.74, 6) is 0.220. The molecule has 5 nitrogen and oxygen atoms in total. The normalized spacial score (nSPS) is 22.6. The molecule has 3 rings (SSSR count). The van der Waals surface area contributed by atoms with Gasteiger partial charge in [0.05, 0.1) is 11.1 Å². The van der Waals surface area contributed by atoms with Gasteiger partial charge in [0, 0.05) is 19.6 Å². The van der Waals surface area contributed by atoms with Crippen molar-refractivity contribution in [1.29, 1.82) is 0 Å². The van der Waals surface area contributed by atoms with Crippen LogP contribution in [-0.2, 0) is 0 Å². The minimum absolute atomic E-state index is 0.167. The molecule has 20 heavy (non-hydrogen) atoms. The van der Waals surface area contributed by atoms with Crippen LogP contribution in [0.25, 0.3) is 0 Å².